The number of hydrogen-bond acceptors (Lipinski definition) is 2. The van der Waals surface area contributed by atoms with E-state index in [1.54, 1.807) is 0 Å². The largest absolute Gasteiger partial charge is 0.295 e. The molecular weight excluding hydrogens is 350 g/mol. The van der Waals surface area contributed by atoms with Crippen LogP contribution in [0.5, 0.6) is 0 Å². The van der Waals surface area contributed by atoms with E-state index in [0.29, 0.717) is 0 Å². The summed E-state index contributed by atoms with van der Waals surface area (Å²) < 4.78 is 1.25. The van der Waals surface area contributed by atoms with Crippen molar-refractivity contribution >= 4 is 43.2 Å². The Labute approximate surface area is 118 Å². The number of likely N-dealkylation sites (tertiary alicyclic amines) is 1. The Balaban J connectivity index is 1.95. The molecule has 0 amide bonds. The quantitative estimate of drug-likeness (QED) is 0.701. The normalized spacial score (nSPS) is 22.5. The van der Waals surface area contributed by atoms with Gasteiger partial charge in [-0.25, -0.2) is 0 Å². The van der Waals surface area contributed by atoms with Crippen molar-refractivity contribution in [1.82, 2.24) is 4.90 Å². The molecule has 1 atom stereocenters. The zero-order valence-corrected chi connectivity index (χ0v) is 13.3. The lowest BCUT2D eigenvalue weighted by Gasteiger charge is -2.35. The van der Waals surface area contributed by atoms with E-state index < -0.39 is 0 Å². The highest BCUT2D eigenvalue weighted by atomic mass is 79.9. The smallest absolute Gasteiger partial charge is 0.0701 e. The molecule has 1 aliphatic rings. The Morgan fingerprint density at radius 2 is 2.25 bits per heavy atom. The number of nitrogens with zero attached hydrogens (tertiary/aromatic N) is 1. The number of thiophene rings is 1. The first kappa shape index (κ1) is 13.1. The van der Waals surface area contributed by atoms with E-state index in [1.165, 1.54) is 40.9 Å². The number of alkyl halides is 1. The lowest BCUT2D eigenvalue weighted by molar-refractivity contribution is 0.138. The van der Waals surface area contributed by atoms with Gasteiger partial charge >= 0.3 is 0 Å². The Kier molecular flexibility index (Phi) is 5.33. The number of piperidine rings is 1. The maximum atomic E-state index is 3.57. The summed E-state index contributed by atoms with van der Waals surface area (Å²) >= 11 is 8.97. The molecule has 1 unspecified atom stereocenters. The van der Waals surface area contributed by atoms with Crippen molar-refractivity contribution in [3.05, 3.63) is 20.8 Å². The van der Waals surface area contributed by atoms with Gasteiger partial charge in [0.1, 0.15) is 0 Å². The van der Waals surface area contributed by atoms with Gasteiger partial charge in [0.15, 0.2) is 0 Å². The highest BCUT2D eigenvalue weighted by Crippen LogP contribution is 2.27. The minimum atomic E-state index is 0.786. The van der Waals surface area contributed by atoms with E-state index in [2.05, 4.69) is 48.9 Å². The van der Waals surface area contributed by atoms with Crippen LogP contribution in [-0.2, 0) is 6.54 Å². The monoisotopic (exact) mass is 365 g/mol. The van der Waals surface area contributed by atoms with Gasteiger partial charge in [0.25, 0.3) is 0 Å². The maximum absolute atomic E-state index is 3.57. The molecule has 0 saturated carbocycles. The van der Waals surface area contributed by atoms with Crippen LogP contribution in [0, 0.1) is 0 Å². The predicted molar refractivity (Wildman–Crippen MR) is 78.5 cm³/mol. The van der Waals surface area contributed by atoms with Gasteiger partial charge in [0, 0.05) is 22.8 Å². The minimum Gasteiger partial charge on any atom is -0.295 e. The van der Waals surface area contributed by atoms with Gasteiger partial charge in [-0.2, -0.15) is 0 Å². The summed E-state index contributed by atoms with van der Waals surface area (Å²) in [5.74, 6) is 0. The lowest BCUT2D eigenvalue weighted by atomic mass is 10.00. The molecule has 0 aliphatic carbocycles. The number of rotatable bonds is 4. The van der Waals surface area contributed by atoms with Gasteiger partial charge in [0.2, 0.25) is 0 Å². The van der Waals surface area contributed by atoms with Crippen molar-refractivity contribution in [2.45, 2.75) is 38.3 Å². The second kappa shape index (κ2) is 6.53. The van der Waals surface area contributed by atoms with Crippen molar-refractivity contribution in [3.63, 3.8) is 0 Å². The van der Waals surface area contributed by atoms with Crippen LogP contribution in [-0.4, -0.2) is 22.8 Å². The molecule has 1 aromatic heterocycles. The van der Waals surface area contributed by atoms with Gasteiger partial charge in [0.05, 0.1) is 3.79 Å². The second-order valence-electron chi connectivity index (χ2n) is 4.30. The summed E-state index contributed by atoms with van der Waals surface area (Å²) in [4.78, 5) is 4.14. The van der Waals surface area contributed by atoms with E-state index in [4.69, 9.17) is 0 Å². The molecule has 0 N–H and O–H groups in total. The van der Waals surface area contributed by atoms with Crippen LogP contribution in [0.25, 0.3) is 0 Å². The van der Waals surface area contributed by atoms with Crippen LogP contribution < -0.4 is 0 Å². The molecule has 90 valence electrons. The molecule has 0 radical (unpaired) electrons. The zero-order valence-electron chi connectivity index (χ0n) is 9.29. The van der Waals surface area contributed by atoms with Crippen LogP contribution in [0.3, 0.4) is 0 Å². The van der Waals surface area contributed by atoms with E-state index in [0.717, 1.165) is 17.9 Å². The Morgan fingerprint density at radius 1 is 1.38 bits per heavy atom. The highest BCUT2D eigenvalue weighted by molar-refractivity contribution is 9.11. The highest BCUT2D eigenvalue weighted by Gasteiger charge is 2.21. The van der Waals surface area contributed by atoms with Crippen molar-refractivity contribution in [1.29, 1.82) is 0 Å². The molecule has 1 saturated heterocycles. The van der Waals surface area contributed by atoms with Crippen LogP contribution in [0.4, 0.5) is 0 Å². The molecule has 1 fully saturated rings. The summed E-state index contributed by atoms with van der Waals surface area (Å²) in [6.07, 6.45) is 5.43. The first-order chi connectivity index (χ1) is 7.79. The van der Waals surface area contributed by atoms with Crippen molar-refractivity contribution < 1.29 is 0 Å². The molecule has 1 aliphatic heterocycles. The van der Waals surface area contributed by atoms with Gasteiger partial charge in [-0.15, -0.1) is 11.3 Å². The molecule has 16 heavy (non-hydrogen) atoms. The third-order valence-electron chi connectivity index (χ3n) is 3.18. The average Bonchev–Trinajstić information content (AvgIpc) is 2.67. The fraction of sp³-hybridized carbons (Fsp3) is 0.667. The van der Waals surface area contributed by atoms with E-state index in [9.17, 15) is 0 Å². The van der Waals surface area contributed by atoms with E-state index >= 15 is 0 Å². The van der Waals surface area contributed by atoms with Crippen LogP contribution in [0.2, 0.25) is 0 Å². The topological polar surface area (TPSA) is 3.24 Å². The van der Waals surface area contributed by atoms with Gasteiger partial charge in [-0.1, -0.05) is 22.4 Å². The second-order valence-corrected chi connectivity index (χ2v) is 7.64. The fourth-order valence-corrected chi connectivity index (χ4v) is 4.40. The van der Waals surface area contributed by atoms with Gasteiger partial charge in [-0.3, -0.25) is 4.90 Å². The van der Waals surface area contributed by atoms with E-state index in [1.807, 2.05) is 11.3 Å². The molecule has 4 heteroatoms. The Morgan fingerprint density at radius 3 is 2.94 bits per heavy atom. The van der Waals surface area contributed by atoms with E-state index in [-0.39, 0.29) is 0 Å². The Hall–Kier alpha value is 0.620. The summed E-state index contributed by atoms with van der Waals surface area (Å²) in [5.41, 5.74) is 0. The third-order valence-corrected chi connectivity index (χ3v) is 5.25. The SMILES string of the molecule is BrCCC1CCCCN1Cc1ccc(Br)s1. The molecule has 2 heterocycles. The molecule has 0 bridgehead atoms. The average molecular weight is 367 g/mol. The van der Waals surface area contributed by atoms with Crippen LogP contribution >= 0.6 is 43.2 Å². The fourth-order valence-electron chi connectivity index (χ4n) is 2.36. The summed E-state index contributed by atoms with van der Waals surface area (Å²) in [6, 6.07) is 5.19. The predicted octanol–water partition coefficient (Wildman–Crippen LogP) is 4.65. The minimum absolute atomic E-state index is 0.786. The van der Waals surface area contributed by atoms with Crippen molar-refractivity contribution in [2.24, 2.45) is 0 Å². The van der Waals surface area contributed by atoms with Gasteiger partial charge < -0.3 is 0 Å². The van der Waals surface area contributed by atoms with Crippen molar-refractivity contribution in [2.75, 3.05) is 11.9 Å². The maximum Gasteiger partial charge on any atom is 0.0701 e. The molecule has 1 aromatic rings. The molecule has 2 rings (SSSR count). The molecular formula is C12H17Br2NS. The summed E-state index contributed by atoms with van der Waals surface area (Å²) in [7, 11) is 0. The third kappa shape index (κ3) is 3.56. The molecule has 0 aromatic carbocycles. The molecule has 1 nitrogen and oxygen atoms in total. The number of hydrogen-bond donors (Lipinski definition) is 0. The van der Waals surface area contributed by atoms with Gasteiger partial charge in [-0.05, 0) is 53.9 Å². The first-order valence-corrected chi connectivity index (χ1v) is 8.57. The summed E-state index contributed by atoms with van der Waals surface area (Å²) in [6.45, 7) is 2.40. The van der Waals surface area contributed by atoms with Crippen molar-refractivity contribution in [3.8, 4) is 0 Å². The Bertz CT molecular complexity index is 325. The lowest BCUT2D eigenvalue weighted by Crippen LogP contribution is -2.38. The van der Waals surface area contributed by atoms with Crippen LogP contribution in [0.15, 0.2) is 15.9 Å². The zero-order chi connectivity index (χ0) is 11.4. The first-order valence-electron chi connectivity index (χ1n) is 5.84. The molecule has 0 spiro atoms. The van der Waals surface area contributed by atoms with Crippen LogP contribution in [0.1, 0.15) is 30.6 Å². The summed E-state index contributed by atoms with van der Waals surface area (Å²) in [5, 5.41) is 1.13. The standard InChI is InChI=1S/C12H17Br2NS/c13-7-6-10-3-1-2-8-15(10)9-11-4-5-12(14)16-11/h4-5,10H,1-3,6-9H2. The number of halogens is 2.